The second-order valence-corrected chi connectivity index (χ2v) is 9.21. The molecule has 0 bridgehead atoms. The second kappa shape index (κ2) is 10.1. The lowest BCUT2D eigenvalue weighted by molar-refractivity contribution is 0.0948. The molecule has 6 nitrogen and oxygen atoms in total. The van der Waals surface area contributed by atoms with Crippen LogP contribution in [0.25, 0.3) is 0 Å². The predicted molar refractivity (Wildman–Crippen MR) is 109 cm³/mol. The molecule has 0 radical (unpaired) electrons. The highest BCUT2D eigenvalue weighted by molar-refractivity contribution is 7.89. The molecule has 1 heterocycles. The normalized spacial score (nSPS) is 11.8. The van der Waals surface area contributed by atoms with Crippen molar-refractivity contribution in [2.24, 2.45) is 0 Å². The van der Waals surface area contributed by atoms with Crippen molar-refractivity contribution in [3.05, 3.63) is 45.7 Å². The molecule has 0 fully saturated rings. The topological polar surface area (TPSA) is 79.4 Å². The fraction of sp³-hybridized carbons (Fsp3) is 0.474. The van der Waals surface area contributed by atoms with Gasteiger partial charge in [-0.15, -0.1) is 11.3 Å². The molecule has 9 heteroatoms. The lowest BCUT2D eigenvalue weighted by Gasteiger charge is -2.19. The van der Waals surface area contributed by atoms with Crippen molar-refractivity contribution < 1.29 is 17.6 Å². The van der Waals surface area contributed by atoms with Crippen molar-refractivity contribution in [3.8, 4) is 0 Å². The Morgan fingerprint density at radius 1 is 1.25 bits per heavy atom. The van der Waals surface area contributed by atoms with Crippen molar-refractivity contribution in [1.82, 2.24) is 14.6 Å². The Kier molecular flexibility index (Phi) is 8.09. The first kappa shape index (κ1) is 22.4. The molecule has 1 aromatic carbocycles. The van der Waals surface area contributed by atoms with E-state index in [0.29, 0.717) is 19.6 Å². The quantitative estimate of drug-likeness (QED) is 0.590. The van der Waals surface area contributed by atoms with E-state index in [0.717, 1.165) is 42.1 Å². The zero-order chi connectivity index (χ0) is 20.7. The number of aromatic nitrogens is 1. The fourth-order valence-electron chi connectivity index (χ4n) is 2.77. The van der Waals surface area contributed by atoms with Crippen LogP contribution in [0.3, 0.4) is 0 Å². The molecule has 28 heavy (non-hydrogen) atoms. The molecule has 0 saturated heterocycles. The van der Waals surface area contributed by atoms with Crippen molar-refractivity contribution in [2.45, 2.75) is 44.9 Å². The summed E-state index contributed by atoms with van der Waals surface area (Å²) in [5.74, 6) is -1.35. The smallest absolute Gasteiger partial charge is 0.254 e. The first-order valence-corrected chi connectivity index (χ1v) is 11.6. The number of hydrogen-bond donors (Lipinski definition) is 1. The number of amides is 1. The molecule has 0 aliphatic heterocycles. The molecular weight excluding hydrogens is 401 g/mol. The van der Waals surface area contributed by atoms with Gasteiger partial charge in [0.25, 0.3) is 5.91 Å². The maximum Gasteiger partial charge on any atom is 0.254 e. The Morgan fingerprint density at radius 3 is 2.57 bits per heavy atom. The Balaban J connectivity index is 1.97. The summed E-state index contributed by atoms with van der Waals surface area (Å²) in [6.45, 7) is 6.39. The number of benzene rings is 1. The highest BCUT2D eigenvalue weighted by atomic mass is 32.2. The molecule has 0 spiro atoms. The van der Waals surface area contributed by atoms with Crippen LogP contribution in [-0.4, -0.2) is 43.2 Å². The minimum atomic E-state index is -3.75. The van der Waals surface area contributed by atoms with E-state index in [1.807, 2.05) is 12.3 Å². The van der Waals surface area contributed by atoms with Gasteiger partial charge in [0.05, 0.1) is 15.5 Å². The Labute approximate surface area is 169 Å². The number of aryl methyl sites for hydroxylation is 2. The van der Waals surface area contributed by atoms with Crippen LogP contribution in [0.4, 0.5) is 4.39 Å². The van der Waals surface area contributed by atoms with Crippen LogP contribution in [0.1, 0.15) is 47.7 Å². The first-order valence-electron chi connectivity index (χ1n) is 9.28. The molecule has 154 valence electrons. The Hall–Kier alpha value is -1.84. The summed E-state index contributed by atoms with van der Waals surface area (Å²) < 4.78 is 40.5. The van der Waals surface area contributed by atoms with E-state index >= 15 is 0 Å². The number of hydrogen-bond acceptors (Lipinski definition) is 5. The third kappa shape index (κ3) is 5.59. The summed E-state index contributed by atoms with van der Waals surface area (Å²) in [6.07, 6.45) is 2.41. The summed E-state index contributed by atoms with van der Waals surface area (Å²) in [5.41, 5.74) is 0.743. The van der Waals surface area contributed by atoms with Gasteiger partial charge in [0.1, 0.15) is 5.82 Å². The molecule has 0 unspecified atom stereocenters. The van der Waals surface area contributed by atoms with Gasteiger partial charge in [-0.05, 0) is 44.4 Å². The maximum atomic E-state index is 14.1. The third-order valence-electron chi connectivity index (χ3n) is 4.30. The number of nitrogens with one attached hydrogen (secondary N) is 1. The fourth-order valence-corrected chi connectivity index (χ4v) is 5.07. The summed E-state index contributed by atoms with van der Waals surface area (Å²) >= 11 is 1.61. The van der Waals surface area contributed by atoms with Gasteiger partial charge in [-0.2, -0.15) is 4.31 Å². The van der Waals surface area contributed by atoms with Crippen LogP contribution in [0.2, 0.25) is 0 Å². The molecule has 2 aromatic rings. The molecule has 0 atom stereocenters. The van der Waals surface area contributed by atoms with E-state index in [2.05, 4.69) is 10.3 Å². The lowest BCUT2D eigenvalue weighted by atomic mass is 10.2. The average Bonchev–Trinajstić information content (AvgIpc) is 3.07. The van der Waals surface area contributed by atoms with E-state index in [9.17, 15) is 17.6 Å². The number of unbranched alkanes of at least 4 members (excludes halogenated alkanes) is 1. The Bertz CT molecular complexity index is 909. The van der Waals surface area contributed by atoms with E-state index in [1.54, 1.807) is 25.2 Å². The SMILES string of the molecule is CCN(CC)S(=O)(=O)c1ccc(F)c(C(=O)NCCCCc2nc(C)cs2)c1. The minimum Gasteiger partial charge on any atom is -0.352 e. The van der Waals surface area contributed by atoms with Gasteiger partial charge in [0, 0.05) is 30.7 Å². The maximum absolute atomic E-state index is 14.1. The van der Waals surface area contributed by atoms with Crippen LogP contribution in [0.5, 0.6) is 0 Å². The standard InChI is InChI=1S/C19H26FN3O3S2/c1-4-23(5-2)28(25,26)15-9-10-17(20)16(12-15)19(24)21-11-7-6-8-18-22-14(3)13-27-18/h9-10,12-13H,4-8,11H2,1-3H3,(H,21,24). The molecule has 0 saturated carbocycles. The molecular formula is C19H26FN3O3S2. The van der Waals surface area contributed by atoms with Crippen LogP contribution in [-0.2, 0) is 16.4 Å². The summed E-state index contributed by atoms with van der Waals surface area (Å²) in [5, 5.41) is 5.72. The first-order chi connectivity index (χ1) is 13.3. The summed E-state index contributed by atoms with van der Waals surface area (Å²) in [6, 6.07) is 3.32. The number of rotatable bonds is 10. The van der Waals surface area contributed by atoms with Crippen LogP contribution < -0.4 is 5.32 Å². The van der Waals surface area contributed by atoms with Gasteiger partial charge in [-0.3, -0.25) is 4.79 Å². The number of nitrogens with zero attached hydrogens (tertiary/aromatic N) is 2. The number of sulfonamides is 1. The average molecular weight is 428 g/mol. The molecule has 0 aliphatic carbocycles. The lowest BCUT2D eigenvalue weighted by Crippen LogP contribution is -2.31. The van der Waals surface area contributed by atoms with Gasteiger partial charge >= 0.3 is 0 Å². The number of thiazole rings is 1. The van der Waals surface area contributed by atoms with Gasteiger partial charge in [0.15, 0.2) is 0 Å². The minimum absolute atomic E-state index is 0.0816. The van der Waals surface area contributed by atoms with E-state index in [1.165, 1.54) is 10.4 Å². The molecule has 1 amide bonds. The summed E-state index contributed by atoms with van der Waals surface area (Å²) in [7, 11) is -3.75. The number of halogens is 1. The van der Waals surface area contributed by atoms with Crippen LogP contribution in [0.15, 0.2) is 28.5 Å². The van der Waals surface area contributed by atoms with Gasteiger partial charge < -0.3 is 5.32 Å². The number of carbonyl (C=O) groups is 1. The number of carbonyl (C=O) groups excluding carboxylic acids is 1. The van der Waals surface area contributed by atoms with Crippen LogP contribution >= 0.6 is 11.3 Å². The largest absolute Gasteiger partial charge is 0.352 e. The molecule has 0 aliphatic rings. The summed E-state index contributed by atoms with van der Waals surface area (Å²) in [4.78, 5) is 16.6. The van der Waals surface area contributed by atoms with Gasteiger partial charge in [-0.25, -0.2) is 17.8 Å². The van der Waals surface area contributed by atoms with E-state index in [-0.39, 0.29) is 10.5 Å². The van der Waals surface area contributed by atoms with Crippen molar-refractivity contribution >= 4 is 27.3 Å². The van der Waals surface area contributed by atoms with E-state index < -0.39 is 21.7 Å². The highest BCUT2D eigenvalue weighted by Gasteiger charge is 2.24. The third-order valence-corrected chi connectivity index (χ3v) is 7.37. The van der Waals surface area contributed by atoms with E-state index in [4.69, 9.17) is 0 Å². The molecule has 1 N–H and O–H groups in total. The highest BCUT2D eigenvalue weighted by Crippen LogP contribution is 2.19. The molecule has 1 aromatic heterocycles. The van der Waals surface area contributed by atoms with Crippen molar-refractivity contribution in [2.75, 3.05) is 19.6 Å². The monoisotopic (exact) mass is 427 g/mol. The second-order valence-electron chi connectivity index (χ2n) is 6.33. The Morgan fingerprint density at radius 2 is 1.96 bits per heavy atom. The van der Waals surface area contributed by atoms with Crippen molar-refractivity contribution in [1.29, 1.82) is 0 Å². The van der Waals surface area contributed by atoms with Gasteiger partial charge in [-0.1, -0.05) is 13.8 Å². The van der Waals surface area contributed by atoms with Crippen LogP contribution in [0, 0.1) is 12.7 Å². The predicted octanol–water partition coefficient (Wildman–Crippen LogP) is 3.37. The zero-order valence-electron chi connectivity index (χ0n) is 16.4. The molecule has 2 rings (SSSR count). The van der Waals surface area contributed by atoms with Crippen molar-refractivity contribution in [3.63, 3.8) is 0 Å². The van der Waals surface area contributed by atoms with Gasteiger partial charge in [0.2, 0.25) is 10.0 Å². The zero-order valence-corrected chi connectivity index (χ0v) is 18.0.